The zero-order chi connectivity index (χ0) is 14.7. The number of terminal acetylenes is 1. The van der Waals surface area contributed by atoms with Crippen molar-refractivity contribution >= 4 is 23.0 Å². The highest BCUT2D eigenvalue weighted by atomic mass is 35.5. The van der Waals surface area contributed by atoms with Gasteiger partial charge in [-0.1, -0.05) is 37.3 Å². The molecule has 0 radical (unpaired) electrons. The van der Waals surface area contributed by atoms with Gasteiger partial charge in [-0.15, -0.1) is 12.3 Å². The van der Waals surface area contributed by atoms with Crippen molar-refractivity contribution in [2.24, 2.45) is 5.92 Å². The van der Waals surface area contributed by atoms with E-state index in [1.807, 2.05) is 30.3 Å². The summed E-state index contributed by atoms with van der Waals surface area (Å²) in [6.07, 6.45) is 5.17. The summed E-state index contributed by atoms with van der Waals surface area (Å²) in [5.74, 6) is 1.03. The van der Waals surface area contributed by atoms with Crippen LogP contribution in [0.3, 0.4) is 0 Å². The third kappa shape index (κ3) is 9.69. The van der Waals surface area contributed by atoms with Gasteiger partial charge in [0, 0.05) is 18.0 Å². The summed E-state index contributed by atoms with van der Waals surface area (Å²) in [5, 5.41) is 8.22. The van der Waals surface area contributed by atoms with E-state index in [9.17, 15) is 9.59 Å². The van der Waals surface area contributed by atoms with Crippen LogP contribution < -0.4 is 0 Å². The number of hydrogen-bond acceptors (Lipinski definition) is 3. The number of carbonyl (C=O) groups excluding carboxylic acids is 1. The summed E-state index contributed by atoms with van der Waals surface area (Å²) in [6.45, 7) is 1.82. The van der Waals surface area contributed by atoms with Gasteiger partial charge in [-0.3, -0.25) is 4.79 Å². The minimum atomic E-state index is -0.831. The molecule has 0 amide bonds. The van der Waals surface area contributed by atoms with Crippen molar-refractivity contribution in [3.8, 4) is 12.3 Å². The molecule has 0 aliphatic heterocycles. The Morgan fingerprint density at radius 1 is 1.42 bits per heavy atom. The Balaban J connectivity index is 0.000000362. The third-order valence-electron chi connectivity index (χ3n) is 2.04. The first-order valence-electron chi connectivity index (χ1n) is 5.49. The summed E-state index contributed by atoms with van der Waals surface area (Å²) >= 11 is 4.97. The highest BCUT2D eigenvalue weighted by molar-refractivity contribution is 6.61. The molecule has 1 atom stereocenters. The molecule has 0 aliphatic rings. The molecule has 1 rings (SSSR count). The number of rotatable bonds is 4. The van der Waals surface area contributed by atoms with E-state index in [0.29, 0.717) is 6.42 Å². The van der Waals surface area contributed by atoms with Crippen molar-refractivity contribution in [1.82, 2.24) is 0 Å². The molecule has 0 saturated heterocycles. The maximum atomic E-state index is 10.2. The fraction of sp³-hybridized carbons (Fsp3) is 0.286. The molecule has 1 aromatic carbocycles. The van der Waals surface area contributed by atoms with Crippen LogP contribution in [-0.2, 0) is 16.1 Å². The standard InChI is InChI=1S/C8H7ClO2.C6H8O2/c9-8(10)11-6-7-4-2-1-3-5-7;1-3-4-5(2)6(7)8/h1-5H,6H2;1,5H,4H2,2H3,(H,7,8). The minimum Gasteiger partial charge on any atom is -0.481 e. The molecular weight excluding hydrogens is 268 g/mol. The van der Waals surface area contributed by atoms with Crippen LogP contribution in [-0.4, -0.2) is 16.5 Å². The summed E-state index contributed by atoms with van der Waals surface area (Å²) in [7, 11) is 0. The Labute approximate surface area is 117 Å². The predicted molar refractivity (Wildman–Crippen MR) is 72.7 cm³/mol. The topological polar surface area (TPSA) is 63.6 Å². The first-order chi connectivity index (χ1) is 8.97. The van der Waals surface area contributed by atoms with Crippen LogP contribution in [0.1, 0.15) is 18.9 Å². The van der Waals surface area contributed by atoms with E-state index >= 15 is 0 Å². The average molecular weight is 283 g/mol. The van der Waals surface area contributed by atoms with E-state index in [1.165, 1.54) is 0 Å². The van der Waals surface area contributed by atoms with Crippen LogP contribution in [0.15, 0.2) is 30.3 Å². The van der Waals surface area contributed by atoms with Crippen LogP contribution in [0, 0.1) is 18.3 Å². The average Bonchev–Trinajstić information content (AvgIpc) is 2.38. The number of carbonyl (C=O) groups is 2. The monoisotopic (exact) mass is 282 g/mol. The molecule has 0 heterocycles. The second kappa shape index (κ2) is 9.98. The normalized spacial score (nSPS) is 10.4. The largest absolute Gasteiger partial charge is 0.481 e. The van der Waals surface area contributed by atoms with Gasteiger partial charge in [-0.25, -0.2) is 4.79 Å². The van der Waals surface area contributed by atoms with Crippen molar-refractivity contribution in [3.63, 3.8) is 0 Å². The van der Waals surface area contributed by atoms with Gasteiger partial charge in [-0.2, -0.15) is 0 Å². The summed E-state index contributed by atoms with van der Waals surface area (Å²) in [6, 6.07) is 9.36. The van der Waals surface area contributed by atoms with Gasteiger partial charge in [0.1, 0.15) is 6.61 Å². The van der Waals surface area contributed by atoms with Crippen molar-refractivity contribution in [2.75, 3.05) is 0 Å². The lowest BCUT2D eigenvalue weighted by molar-refractivity contribution is -0.140. The summed E-state index contributed by atoms with van der Waals surface area (Å²) in [5.41, 5.74) is 0.162. The van der Waals surface area contributed by atoms with Gasteiger partial charge >= 0.3 is 11.4 Å². The fourth-order valence-corrected chi connectivity index (χ4v) is 1.03. The maximum Gasteiger partial charge on any atom is 0.404 e. The quantitative estimate of drug-likeness (QED) is 0.680. The van der Waals surface area contributed by atoms with Gasteiger partial charge in [-0.05, 0) is 5.56 Å². The molecule has 102 valence electrons. The Kier molecular flexibility index (Phi) is 8.94. The lowest BCUT2D eigenvalue weighted by atomic mass is 10.1. The molecule has 1 unspecified atom stereocenters. The van der Waals surface area contributed by atoms with Crippen molar-refractivity contribution in [1.29, 1.82) is 0 Å². The molecule has 5 heteroatoms. The molecule has 0 saturated carbocycles. The molecule has 0 fully saturated rings. The van der Waals surface area contributed by atoms with Crippen molar-refractivity contribution < 1.29 is 19.4 Å². The second-order valence-corrected chi connectivity index (χ2v) is 3.97. The van der Waals surface area contributed by atoms with Crippen molar-refractivity contribution in [3.05, 3.63) is 35.9 Å². The van der Waals surface area contributed by atoms with Crippen LogP contribution in [0.25, 0.3) is 0 Å². The number of carboxylic acid groups (broad SMARTS) is 1. The summed E-state index contributed by atoms with van der Waals surface area (Å²) in [4.78, 5) is 20.2. The van der Waals surface area contributed by atoms with Gasteiger partial charge in [0.05, 0.1) is 5.92 Å². The Morgan fingerprint density at radius 3 is 2.37 bits per heavy atom. The first-order valence-corrected chi connectivity index (χ1v) is 5.87. The van der Waals surface area contributed by atoms with E-state index in [4.69, 9.17) is 23.1 Å². The SMILES string of the molecule is C#CCC(C)C(=O)O.O=C(Cl)OCc1ccccc1. The van der Waals surface area contributed by atoms with E-state index in [2.05, 4.69) is 10.7 Å². The van der Waals surface area contributed by atoms with Gasteiger partial charge in [0.25, 0.3) is 0 Å². The highest BCUT2D eigenvalue weighted by Gasteiger charge is 2.06. The van der Waals surface area contributed by atoms with E-state index in [-0.39, 0.29) is 6.61 Å². The van der Waals surface area contributed by atoms with Crippen LogP contribution >= 0.6 is 11.6 Å². The zero-order valence-corrected chi connectivity index (χ0v) is 11.3. The number of benzene rings is 1. The lowest BCUT2D eigenvalue weighted by Gasteiger charge is -1.98. The third-order valence-corrected chi connectivity index (χ3v) is 2.15. The number of aliphatic carboxylic acids is 1. The van der Waals surface area contributed by atoms with E-state index in [0.717, 1.165) is 5.56 Å². The van der Waals surface area contributed by atoms with Crippen LogP contribution in [0.4, 0.5) is 4.79 Å². The lowest BCUT2D eigenvalue weighted by Crippen LogP contribution is -2.07. The first kappa shape index (κ1) is 17.0. The fourth-order valence-electron chi connectivity index (χ4n) is 0.978. The van der Waals surface area contributed by atoms with Crippen LogP contribution in [0.5, 0.6) is 0 Å². The van der Waals surface area contributed by atoms with E-state index < -0.39 is 17.3 Å². The predicted octanol–water partition coefficient (Wildman–Crippen LogP) is 3.29. The molecule has 0 aliphatic carbocycles. The number of ether oxygens (including phenoxy) is 1. The molecule has 1 N–H and O–H groups in total. The Morgan fingerprint density at radius 2 is 2.00 bits per heavy atom. The van der Waals surface area contributed by atoms with Gasteiger partial charge in [0.15, 0.2) is 0 Å². The number of hydrogen-bond donors (Lipinski definition) is 1. The zero-order valence-electron chi connectivity index (χ0n) is 10.5. The highest BCUT2D eigenvalue weighted by Crippen LogP contribution is 2.01. The molecule has 0 spiro atoms. The van der Waals surface area contributed by atoms with E-state index in [1.54, 1.807) is 6.92 Å². The number of carboxylic acids is 1. The molecule has 4 nitrogen and oxygen atoms in total. The Hall–Kier alpha value is -1.99. The molecule has 1 aromatic rings. The maximum absolute atomic E-state index is 10.2. The molecule has 19 heavy (non-hydrogen) atoms. The molecular formula is C14H15ClO4. The molecule has 0 bridgehead atoms. The van der Waals surface area contributed by atoms with Crippen LogP contribution in [0.2, 0.25) is 0 Å². The van der Waals surface area contributed by atoms with Gasteiger partial charge < -0.3 is 9.84 Å². The summed E-state index contributed by atoms with van der Waals surface area (Å²) < 4.78 is 4.55. The minimum absolute atomic E-state index is 0.239. The molecule has 0 aromatic heterocycles. The number of halogens is 1. The smallest absolute Gasteiger partial charge is 0.404 e. The Bertz CT molecular complexity index is 437. The van der Waals surface area contributed by atoms with Crippen molar-refractivity contribution in [2.45, 2.75) is 20.0 Å². The van der Waals surface area contributed by atoms with Gasteiger partial charge in [0.2, 0.25) is 0 Å². The second-order valence-electron chi connectivity index (χ2n) is 3.66.